The van der Waals surface area contributed by atoms with E-state index in [0.29, 0.717) is 17.4 Å². The van der Waals surface area contributed by atoms with Gasteiger partial charge in [0.1, 0.15) is 5.75 Å². The molecule has 0 bridgehead atoms. The highest BCUT2D eigenvalue weighted by atomic mass is 35.5. The van der Waals surface area contributed by atoms with Gasteiger partial charge in [-0.2, -0.15) is 4.31 Å². The SMILES string of the molecule is CCOc1ccc(N(C(=O)c2ccc(Cl)cc2)S(=O)(=O)c2ccc(C)cc2)cc1. The van der Waals surface area contributed by atoms with Gasteiger partial charge in [-0.15, -0.1) is 0 Å². The highest BCUT2D eigenvalue weighted by molar-refractivity contribution is 7.93. The molecule has 0 spiro atoms. The van der Waals surface area contributed by atoms with Crippen molar-refractivity contribution in [3.05, 3.63) is 88.9 Å². The quantitative estimate of drug-likeness (QED) is 0.548. The van der Waals surface area contributed by atoms with Crippen molar-refractivity contribution in [3.63, 3.8) is 0 Å². The van der Waals surface area contributed by atoms with Gasteiger partial charge >= 0.3 is 0 Å². The van der Waals surface area contributed by atoms with Crippen LogP contribution in [0.4, 0.5) is 5.69 Å². The van der Waals surface area contributed by atoms with Crippen molar-refractivity contribution in [2.45, 2.75) is 18.7 Å². The Morgan fingerprint density at radius 2 is 1.52 bits per heavy atom. The molecule has 1 amide bonds. The summed E-state index contributed by atoms with van der Waals surface area (Å²) >= 11 is 5.90. The first kappa shape index (κ1) is 20.9. The largest absolute Gasteiger partial charge is 0.494 e. The summed E-state index contributed by atoms with van der Waals surface area (Å²) in [5, 5.41) is 0.454. The van der Waals surface area contributed by atoms with Crippen LogP contribution < -0.4 is 9.04 Å². The van der Waals surface area contributed by atoms with Crippen LogP contribution in [0, 0.1) is 6.92 Å². The third kappa shape index (κ3) is 4.60. The van der Waals surface area contributed by atoms with Gasteiger partial charge in [0, 0.05) is 10.6 Å². The molecular formula is C22H20ClNO4S. The van der Waals surface area contributed by atoms with Crippen LogP contribution in [0.5, 0.6) is 5.75 Å². The maximum Gasteiger partial charge on any atom is 0.272 e. The topological polar surface area (TPSA) is 63.7 Å². The first-order valence-corrected chi connectivity index (χ1v) is 10.8. The smallest absolute Gasteiger partial charge is 0.272 e. The summed E-state index contributed by atoms with van der Waals surface area (Å²) in [6, 6.07) is 18.8. The van der Waals surface area contributed by atoms with Crippen LogP contribution in [-0.4, -0.2) is 20.9 Å². The molecule has 3 aromatic carbocycles. The van der Waals surface area contributed by atoms with E-state index in [2.05, 4.69) is 0 Å². The summed E-state index contributed by atoms with van der Waals surface area (Å²) in [4.78, 5) is 13.3. The van der Waals surface area contributed by atoms with Crippen LogP contribution in [0.15, 0.2) is 77.7 Å². The number of ether oxygens (including phenoxy) is 1. The molecule has 0 atom stereocenters. The third-order valence-electron chi connectivity index (χ3n) is 4.22. The van der Waals surface area contributed by atoms with Crippen molar-refractivity contribution < 1.29 is 17.9 Å². The Labute approximate surface area is 175 Å². The Kier molecular flexibility index (Phi) is 6.25. The zero-order valence-electron chi connectivity index (χ0n) is 16.0. The molecule has 0 fully saturated rings. The fourth-order valence-corrected chi connectivity index (χ4v) is 4.27. The second-order valence-electron chi connectivity index (χ2n) is 6.32. The lowest BCUT2D eigenvalue weighted by Gasteiger charge is -2.23. The van der Waals surface area contributed by atoms with Crippen LogP contribution >= 0.6 is 11.6 Å². The number of benzene rings is 3. The fraction of sp³-hybridized carbons (Fsp3) is 0.136. The average molecular weight is 430 g/mol. The molecule has 0 unspecified atom stereocenters. The predicted molar refractivity (Wildman–Crippen MR) is 114 cm³/mol. The van der Waals surface area contributed by atoms with Crippen LogP contribution in [0.25, 0.3) is 0 Å². The molecule has 0 aliphatic carbocycles. The lowest BCUT2D eigenvalue weighted by Crippen LogP contribution is -2.37. The van der Waals surface area contributed by atoms with Gasteiger partial charge in [0.15, 0.2) is 0 Å². The van der Waals surface area contributed by atoms with Gasteiger partial charge in [0.2, 0.25) is 0 Å². The van der Waals surface area contributed by atoms with E-state index in [4.69, 9.17) is 16.3 Å². The van der Waals surface area contributed by atoms with E-state index in [1.807, 2.05) is 13.8 Å². The normalized spacial score (nSPS) is 11.1. The molecule has 0 aliphatic rings. The van der Waals surface area contributed by atoms with E-state index < -0.39 is 15.9 Å². The fourth-order valence-electron chi connectivity index (χ4n) is 2.73. The number of amides is 1. The van der Waals surface area contributed by atoms with E-state index >= 15 is 0 Å². The summed E-state index contributed by atoms with van der Waals surface area (Å²) in [5.74, 6) is -0.0886. The van der Waals surface area contributed by atoms with E-state index in [-0.39, 0.29) is 16.1 Å². The first-order chi connectivity index (χ1) is 13.8. The van der Waals surface area contributed by atoms with Crippen LogP contribution in [0.2, 0.25) is 5.02 Å². The number of hydrogen-bond acceptors (Lipinski definition) is 4. The van der Waals surface area contributed by atoms with Crippen molar-refractivity contribution in [1.82, 2.24) is 0 Å². The highest BCUT2D eigenvalue weighted by Crippen LogP contribution is 2.28. The van der Waals surface area contributed by atoms with Gasteiger partial charge in [-0.25, -0.2) is 8.42 Å². The van der Waals surface area contributed by atoms with Crippen molar-refractivity contribution in [3.8, 4) is 5.75 Å². The van der Waals surface area contributed by atoms with Crippen LogP contribution in [0.1, 0.15) is 22.8 Å². The summed E-state index contributed by atoms with van der Waals surface area (Å²) in [5.41, 5.74) is 1.34. The standard InChI is InChI=1S/C22H20ClNO4S/c1-3-28-20-12-10-19(11-13-20)24(22(25)17-6-8-18(23)9-7-17)29(26,27)21-14-4-16(2)5-15-21/h4-15H,3H2,1-2H3. The maximum atomic E-state index is 13.4. The Bertz CT molecular complexity index is 1090. The predicted octanol–water partition coefficient (Wildman–Crippen LogP) is 5.08. The minimum absolute atomic E-state index is 0.0271. The lowest BCUT2D eigenvalue weighted by atomic mass is 10.2. The minimum Gasteiger partial charge on any atom is -0.494 e. The van der Waals surface area contributed by atoms with Gasteiger partial charge in [-0.05, 0) is 74.5 Å². The molecule has 0 saturated heterocycles. The number of hydrogen-bond donors (Lipinski definition) is 0. The van der Waals surface area contributed by atoms with Gasteiger partial charge in [-0.3, -0.25) is 4.79 Å². The van der Waals surface area contributed by atoms with Crippen molar-refractivity contribution in [2.24, 2.45) is 0 Å². The molecule has 3 aromatic rings. The molecule has 0 heterocycles. The van der Waals surface area contributed by atoms with E-state index in [9.17, 15) is 13.2 Å². The van der Waals surface area contributed by atoms with Gasteiger partial charge < -0.3 is 4.74 Å². The molecule has 150 valence electrons. The molecule has 0 aromatic heterocycles. The molecule has 29 heavy (non-hydrogen) atoms. The zero-order chi connectivity index (χ0) is 21.0. The van der Waals surface area contributed by atoms with Crippen molar-refractivity contribution in [1.29, 1.82) is 0 Å². The minimum atomic E-state index is -4.14. The summed E-state index contributed by atoms with van der Waals surface area (Å²) in [7, 11) is -4.14. The van der Waals surface area contributed by atoms with Gasteiger partial charge in [0.05, 0.1) is 17.2 Å². The second kappa shape index (κ2) is 8.68. The second-order valence-corrected chi connectivity index (χ2v) is 8.54. The number of sulfonamides is 1. The Hall–Kier alpha value is -2.83. The summed E-state index contributed by atoms with van der Waals surface area (Å²) < 4.78 is 33.0. The molecular weight excluding hydrogens is 410 g/mol. The van der Waals surface area contributed by atoms with E-state index in [0.717, 1.165) is 9.87 Å². The Balaban J connectivity index is 2.11. The number of anilines is 1. The number of carbonyl (C=O) groups excluding carboxylic acids is 1. The molecule has 0 aliphatic heterocycles. The molecule has 0 radical (unpaired) electrons. The lowest BCUT2D eigenvalue weighted by molar-refractivity contribution is 0.101. The number of carbonyl (C=O) groups is 1. The molecule has 5 nitrogen and oxygen atoms in total. The van der Waals surface area contributed by atoms with Crippen LogP contribution in [0.3, 0.4) is 0 Å². The van der Waals surface area contributed by atoms with E-state index in [1.165, 1.54) is 24.3 Å². The zero-order valence-corrected chi connectivity index (χ0v) is 17.6. The molecule has 0 saturated carbocycles. The number of rotatable bonds is 6. The van der Waals surface area contributed by atoms with Crippen molar-refractivity contribution in [2.75, 3.05) is 10.9 Å². The summed E-state index contributed by atoms with van der Waals surface area (Å²) in [6.07, 6.45) is 0. The molecule has 7 heteroatoms. The highest BCUT2D eigenvalue weighted by Gasteiger charge is 2.31. The number of aryl methyl sites for hydroxylation is 1. The average Bonchev–Trinajstić information content (AvgIpc) is 2.70. The van der Waals surface area contributed by atoms with E-state index in [1.54, 1.807) is 48.5 Å². The monoisotopic (exact) mass is 429 g/mol. The van der Waals surface area contributed by atoms with Crippen molar-refractivity contribution >= 4 is 33.2 Å². The summed E-state index contributed by atoms with van der Waals surface area (Å²) in [6.45, 7) is 4.19. The van der Waals surface area contributed by atoms with Crippen LogP contribution in [-0.2, 0) is 10.0 Å². The maximum absolute atomic E-state index is 13.4. The van der Waals surface area contributed by atoms with Gasteiger partial charge in [-0.1, -0.05) is 29.3 Å². The number of halogens is 1. The Morgan fingerprint density at radius 1 is 0.931 bits per heavy atom. The number of nitrogens with zero attached hydrogens (tertiary/aromatic N) is 1. The Morgan fingerprint density at radius 3 is 2.07 bits per heavy atom. The third-order valence-corrected chi connectivity index (χ3v) is 6.19. The van der Waals surface area contributed by atoms with Gasteiger partial charge in [0.25, 0.3) is 15.9 Å². The first-order valence-electron chi connectivity index (χ1n) is 8.97. The molecule has 0 N–H and O–H groups in total. The molecule has 3 rings (SSSR count).